The number of rotatable bonds is 5. The molecule has 0 aromatic heterocycles. The minimum Gasteiger partial charge on any atom is -0.497 e. The Morgan fingerprint density at radius 1 is 1.23 bits per heavy atom. The first-order chi connectivity index (χ1) is 12.6. The van der Waals surface area contributed by atoms with Gasteiger partial charge >= 0.3 is 0 Å². The van der Waals surface area contributed by atoms with E-state index in [-0.39, 0.29) is 11.6 Å². The van der Waals surface area contributed by atoms with E-state index in [1.54, 1.807) is 36.4 Å². The van der Waals surface area contributed by atoms with Crippen molar-refractivity contribution < 1.29 is 19.2 Å². The second kappa shape index (κ2) is 7.83. The number of anilines is 2. The summed E-state index contributed by atoms with van der Waals surface area (Å²) in [7, 11) is 1.52. The summed E-state index contributed by atoms with van der Waals surface area (Å²) in [6.45, 7) is 2.25. The third kappa shape index (κ3) is 3.92. The van der Waals surface area contributed by atoms with E-state index in [9.17, 15) is 14.9 Å². The van der Waals surface area contributed by atoms with Crippen LogP contribution in [0.3, 0.4) is 0 Å². The van der Waals surface area contributed by atoms with Crippen molar-refractivity contribution in [1.29, 1.82) is 0 Å². The molecule has 2 aromatic rings. The largest absolute Gasteiger partial charge is 0.497 e. The third-order valence-electron chi connectivity index (χ3n) is 4.11. The number of carbonyl (C=O) groups excluding carboxylic acids is 1. The molecule has 136 valence electrons. The van der Waals surface area contributed by atoms with Crippen molar-refractivity contribution in [2.45, 2.75) is 0 Å². The molecular weight excluding hydrogens is 338 g/mol. The smallest absolute Gasteiger partial charge is 0.294 e. The number of carbonyl (C=O) groups is 1. The SMILES string of the molecule is COc1cccc(C(=O)Nc2ccc(N3CCOCC3)c([N+](=O)[O-])c2)c1. The quantitative estimate of drug-likeness (QED) is 0.653. The lowest BCUT2D eigenvalue weighted by Crippen LogP contribution is -2.36. The van der Waals surface area contributed by atoms with Crippen LogP contribution in [-0.2, 0) is 4.74 Å². The normalized spacial score (nSPS) is 14.0. The zero-order valence-electron chi connectivity index (χ0n) is 14.3. The van der Waals surface area contributed by atoms with Crippen LogP contribution >= 0.6 is 0 Å². The molecule has 26 heavy (non-hydrogen) atoms. The van der Waals surface area contributed by atoms with E-state index in [0.29, 0.717) is 49.0 Å². The molecular formula is C18H19N3O5. The van der Waals surface area contributed by atoms with Crippen LogP contribution in [-0.4, -0.2) is 44.2 Å². The van der Waals surface area contributed by atoms with E-state index < -0.39 is 4.92 Å². The van der Waals surface area contributed by atoms with Crippen molar-refractivity contribution in [3.8, 4) is 5.75 Å². The zero-order valence-corrected chi connectivity index (χ0v) is 14.3. The highest BCUT2D eigenvalue weighted by Gasteiger charge is 2.22. The van der Waals surface area contributed by atoms with E-state index in [1.165, 1.54) is 13.2 Å². The van der Waals surface area contributed by atoms with Crippen LogP contribution in [0.1, 0.15) is 10.4 Å². The summed E-state index contributed by atoms with van der Waals surface area (Å²) in [5.41, 5.74) is 1.25. The fourth-order valence-electron chi connectivity index (χ4n) is 2.79. The first-order valence-electron chi connectivity index (χ1n) is 8.15. The molecule has 1 saturated heterocycles. The van der Waals surface area contributed by atoms with Crippen LogP contribution in [0.5, 0.6) is 5.75 Å². The van der Waals surface area contributed by atoms with Gasteiger partial charge in [-0.1, -0.05) is 6.07 Å². The van der Waals surface area contributed by atoms with Crippen molar-refractivity contribution >= 4 is 23.0 Å². The van der Waals surface area contributed by atoms with Gasteiger partial charge in [0.1, 0.15) is 11.4 Å². The predicted octanol–water partition coefficient (Wildman–Crippen LogP) is 2.69. The van der Waals surface area contributed by atoms with Gasteiger partial charge in [0, 0.05) is 30.4 Å². The Balaban J connectivity index is 1.82. The molecule has 1 N–H and O–H groups in total. The molecule has 8 heteroatoms. The highest BCUT2D eigenvalue weighted by molar-refractivity contribution is 6.04. The number of benzene rings is 2. The molecule has 8 nitrogen and oxygen atoms in total. The number of nitro benzene ring substituents is 1. The van der Waals surface area contributed by atoms with Crippen LogP contribution in [0, 0.1) is 10.1 Å². The van der Waals surface area contributed by atoms with Crippen LogP contribution < -0.4 is 15.0 Å². The summed E-state index contributed by atoms with van der Waals surface area (Å²) in [5, 5.41) is 14.2. The molecule has 0 radical (unpaired) electrons. The van der Waals surface area contributed by atoms with Gasteiger partial charge in [0.2, 0.25) is 0 Å². The van der Waals surface area contributed by atoms with Gasteiger partial charge < -0.3 is 19.7 Å². The van der Waals surface area contributed by atoms with Gasteiger partial charge in [0.15, 0.2) is 0 Å². The van der Waals surface area contributed by atoms with Crippen LogP contribution in [0.15, 0.2) is 42.5 Å². The highest BCUT2D eigenvalue weighted by Crippen LogP contribution is 2.32. The average Bonchev–Trinajstić information content (AvgIpc) is 2.68. The van der Waals surface area contributed by atoms with Crippen LogP contribution in [0.2, 0.25) is 0 Å². The number of nitro groups is 1. The molecule has 1 aliphatic heterocycles. The number of methoxy groups -OCH3 is 1. The maximum absolute atomic E-state index is 12.4. The first kappa shape index (κ1) is 17.7. The van der Waals surface area contributed by atoms with Gasteiger partial charge in [0.25, 0.3) is 11.6 Å². The second-order valence-electron chi connectivity index (χ2n) is 5.75. The summed E-state index contributed by atoms with van der Waals surface area (Å²) < 4.78 is 10.4. The fourth-order valence-corrected chi connectivity index (χ4v) is 2.79. The molecule has 1 fully saturated rings. The van der Waals surface area contributed by atoms with Gasteiger partial charge in [-0.05, 0) is 30.3 Å². The van der Waals surface area contributed by atoms with Gasteiger partial charge in [0.05, 0.1) is 25.2 Å². The summed E-state index contributed by atoms with van der Waals surface area (Å²) in [5.74, 6) is 0.198. The van der Waals surface area contributed by atoms with E-state index in [1.807, 2.05) is 4.90 Å². The Hall–Kier alpha value is -3.13. The number of ether oxygens (including phenoxy) is 2. The molecule has 0 spiro atoms. The lowest BCUT2D eigenvalue weighted by molar-refractivity contribution is -0.384. The Kier molecular flexibility index (Phi) is 5.33. The van der Waals surface area contributed by atoms with Crippen LogP contribution in [0.4, 0.5) is 17.1 Å². The van der Waals surface area contributed by atoms with Gasteiger partial charge in [-0.3, -0.25) is 14.9 Å². The monoisotopic (exact) mass is 357 g/mol. The molecule has 0 bridgehead atoms. The Bertz CT molecular complexity index is 818. The Morgan fingerprint density at radius 2 is 2.00 bits per heavy atom. The van der Waals surface area contributed by atoms with E-state index >= 15 is 0 Å². The lowest BCUT2D eigenvalue weighted by Gasteiger charge is -2.28. The molecule has 3 rings (SSSR count). The summed E-state index contributed by atoms with van der Waals surface area (Å²) in [6.07, 6.45) is 0. The van der Waals surface area contributed by atoms with Crippen molar-refractivity contribution in [3.63, 3.8) is 0 Å². The molecule has 2 aromatic carbocycles. The molecule has 1 aliphatic rings. The minimum absolute atomic E-state index is 0.0460. The molecule has 1 heterocycles. The highest BCUT2D eigenvalue weighted by atomic mass is 16.6. The Morgan fingerprint density at radius 3 is 2.69 bits per heavy atom. The Labute approximate surface area is 150 Å². The number of hydrogen-bond acceptors (Lipinski definition) is 6. The summed E-state index contributed by atoms with van der Waals surface area (Å²) >= 11 is 0. The van der Waals surface area contributed by atoms with Crippen molar-refractivity contribution in [2.75, 3.05) is 43.6 Å². The zero-order chi connectivity index (χ0) is 18.5. The van der Waals surface area contributed by atoms with Crippen molar-refractivity contribution in [1.82, 2.24) is 0 Å². The fraction of sp³-hybridized carbons (Fsp3) is 0.278. The maximum atomic E-state index is 12.4. The third-order valence-corrected chi connectivity index (χ3v) is 4.11. The van der Waals surface area contributed by atoms with Crippen molar-refractivity contribution in [2.24, 2.45) is 0 Å². The summed E-state index contributed by atoms with van der Waals surface area (Å²) in [6, 6.07) is 11.4. The summed E-state index contributed by atoms with van der Waals surface area (Å²) in [4.78, 5) is 25.3. The van der Waals surface area contributed by atoms with Gasteiger partial charge in [-0.15, -0.1) is 0 Å². The minimum atomic E-state index is -0.438. The average molecular weight is 357 g/mol. The van der Waals surface area contributed by atoms with E-state index in [4.69, 9.17) is 9.47 Å². The van der Waals surface area contributed by atoms with Gasteiger partial charge in [-0.25, -0.2) is 0 Å². The lowest BCUT2D eigenvalue weighted by atomic mass is 10.1. The predicted molar refractivity (Wildman–Crippen MR) is 97.1 cm³/mol. The number of morpholine rings is 1. The topological polar surface area (TPSA) is 93.9 Å². The molecule has 0 saturated carbocycles. The van der Waals surface area contributed by atoms with Gasteiger partial charge in [-0.2, -0.15) is 0 Å². The molecule has 1 amide bonds. The van der Waals surface area contributed by atoms with Crippen molar-refractivity contribution in [3.05, 3.63) is 58.1 Å². The standard InChI is InChI=1S/C18H19N3O5/c1-25-15-4-2-3-13(11-15)18(22)19-14-5-6-16(17(12-14)21(23)24)20-7-9-26-10-8-20/h2-6,11-12H,7-10H2,1H3,(H,19,22). The maximum Gasteiger partial charge on any atom is 0.294 e. The van der Waals surface area contributed by atoms with Crippen LogP contribution in [0.25, 0.3) is 0 Å². The molecule has 0 unspecified atom stereocenters. The molecule has 0 atom stereocenters. The number of nitrogens with zero attached hydrogens (tertiary/aromatic N) is 2. The number of nitrogens with one attached hydrogen (secondary N) is 1. The number of hydrogen-bond donors (Lipinski definition) is 1. The molecule has 0 aliphatic carbocycles. The number of amides is 1. The second-order valence-corrected chi connectivity index (χ2v) is 5.75. The van der Waals surface area contributed by atoms with E-state index in [0.717, 1.165) is 0 Å². The first-order valence-corrected chi connectivity index (χ1v) is 8.15. The van der Waals surface area contributed by atoms with E-state index in [2.05, 4.69) is 5.32 Å².